The van der Waals surface area contributed by atoms with Crippen molar-refractivity contribution in [3.8, 4) is 0 Å². The van der Waals surface area contributed by atoms with Gasteiger partial charge in [0.1, 0.15) is 5.69 Å². The number of nitrogens with one attached hydrogen (secondary N) is 1. The van der Waals surface area contributed by atoms with Crippen molar-refractivity contribution in [1.82, 2.24) is 15.0 Å². The molecule has 2 aromatic heterocycles. The van der Waals surface area contributed by atoms with Crippen LogP contribution >= 0.6 is 11.3 Å². The summed E-state index contributed by atoms with van der Waals surface area (Å²) in [5, 5.41) is 3.17. The van der Waals surface area contributed by atoms with Crippen LogP contribution < -0.4 is 10.2 Å². The van der Waals surface area contributed by atoms with Crippen LogP contribution in [0, 0.1) is 12.8 Å². The number of rotatable bonds is 7. The van der Waals surface area contributed by atoms with Crippen LogP contribution in [-0.4, -0.2) is 35.0 Å². The smallest absolute Gasteiger partial charge is 0.327 e. The maximum absolute atomic E-state index is 13.3. The van der Waals surface area contributed by atoms with E-state index in [1.54, 1.807) is 24.0 Å². The van der Waals surface area contributed by atoms with E-state index in [1.165, 1.54) is 30.4 Å². The first-order valence-electron chi connectivity index (χ1n) is 11.6. The third-order valence-corrected chi connectivity index (χ3v) is 8.67. The van der Waals surface area contributed by atoms with Crippen LogP contribution in [0.1, 0.15) is 54.3 Å². The molecule has 37 heavy (non-hydrogen) atoms. The van der Waals surface area contributed by atoms with E-state index in [2.05, 4.69) is 20.3 Å². The molecule has 13 heteroatoms. The van der Waals surface area contributed by atoms with Gasteiger partial charge in [-0.25, -0.2) is 23.4 Å². The van der Waals surface area contributed by atoms with Gasteiger partial charge in [-0.15, -0.1) is 0 Å². The number of carbonyl (C=O) groups is 1. The Morgan fingerprint density at radius 2 is 1.86 bits per heavy atom. The second-order valence-corrected chi connectivity index (χ2v) is 12.5. The molecule has 0 fully saturated rings. The minimum Gasteiger partial charge on any atom is -0.327 e. The predicted molar refractivity (Wildman–Crippen MR) is 134 cm³/mol. The maximum Gasteiger partial charge on any atom is 0.433 e. The van der Waals surface area contributed by atoms with Crippen molar-refractivity contribution in [3.63, 3.8) is 0 Å². The first kappa shape index (κ1) is 27.0. The van der Waals surface area contributed by atoms with Crippen molar-refractivity contribution in [2.45, 2.75) is 57.8 Å². The molecule has 4 rings (SSSR count). The van der Waals surface area contributed by atoms with E-state index in [9.17, 15) is 26.4 Å². The van der Waals surface area contributed by atoms with Crippen LogP contribution in [0.15, 0.2) is 35.2 Å². The van der Waals surface area contributed by atoms with Crippen LogP contribution in [0.5, 0.6) is 0 Å². The summed E-state index contributed by atoms with van der Waals surface area (Å²) in [4.78, 5) is 28.0. The highest BCUT2D eigenvalue weighted by Crippen LogP contribution is 2.44. The van der Waals surface area contributed by atoms with E-state index in [1.807, 2.05) is 13.8 Å². The Kier molecular flexibility index (Phi) is 7.30. The lowest BCUT2D eigenvalue weighted by Gasteiger charge is -2.28. The highest BCUT2D eigenvalue weighted by molar-refractivity contribution is 7.91. The summed E-state index contributed by atoms with van der Waals surface area (Å²) in [7, 11) is -3.32. The van der Waals surface area contributed by atoms with Crippen LogP contribution in [0.2, 0.25) is 0 Å². The van der Waals surface area contributed by atoms with Crippen molar-refractivity contribution in [1.29, 1.82) is 0 Å². The third-order valence-electron chi connectivity index (χ3n) is 5.95. The number of aryl methyl sites for hydroxylation is 1. The Labute approximate surface area is 216 Å². The zero-order valence-electron chi connectivity index (χ0n) is 20.6. The maximum atomic E-state index is 13.3. The average molecular weight is 554 g/mol. The molecule has 0 saturated heterocycles. The molecule has 0 spiro atoms. The van der Waals surface area contributed by atoms with Gasteiger partial charge in [0.25, 0.3) is 0 Å². The number of hydrogen-bond donors (Lipinski definition) is 1. The molecule has 198 valence electrons. The Bertz CT molecular complexity index is 1420. The molecule has 3 heterocycles. The molecule has 1 aliphatic heterocycles. The first-order valence-corrected chi connectivity index (χ1v) is 14.1. The van der Waals surface area contributed by atoms with Gasteiger partial charge in [-0.05, 0) is 36.6 Å². The monoisotopic (exact) mass is 553 g/mol. The number of nitrogens with zero attached hydrogens (tertiary/aromatic N) is 4. The molecule has 0 unspecified atom stereocenters. The molecular weight excluding hydrogens is 527 g/mol. The molecule has 0 radical (unpaired) electrons. The number of anilines is 2. The standard InChI is InChI=1S/C24H26F3N5O3S2/c1-5-37(34,35)16-8-6-15(7-9-16)11-19(33)30-23-31-20-17(36-23)12-32(21(20)13(2)3)22-28-14(4)10-18(29-22)24(25,26)27/h6-10,13,21H,5,11-12H2,1-4H3,(H,30,31,33)/t21-/m1/s1. The van der Waals surface area contributed by atoms with Crippen molar-refractivity contribution in [2.24, 2.45) is 5.92 Å². The molecule has 1 aromatic carbocycles. The fourth-order valence-corrected chi connectivity index (χ4v) is 6.09. The number of aromatic nitrogens is 3. The second-order valence-electron chi connectivity index (χ2n) is 9.11. The van der Waals surface area contributed by atoms with Gasteiger partial charge < -0.3 is 10.2 Å². The van der Waals surface area contributed by atoms with E-state index in [4.69, 9.17) is 0 Å². The van der Waals surface area contributed by atoms with E-state index < -0.39 is 21.7 Å². The number of fused-ring (bicyclic) bond motifs is 1. The number of amides is 1. The zero-order chi connectivity index (χ0) is 27.1. The molecule has 0 saturated carbocycles. The Hall–Kier alpha value is -3.06. The molecule has 8 nitrogen and oxygen atoms in total. The van der Waals surface area contributed by atoms with Crippen LogP contribution in [0.4, 0.5) is 24.3 Å². The summed E-state index contributed by atoms with van der Waals surface area (Å²) in [6, 6.07) is 6.74. The van der Waals surface area contributed by atoms with Gasteiger partial charge in [-0.1, -0.05) is 44.2 Å². The molecular formula is C24H26F3N5O3S2. The van der Waals surface area contributed by atoms with E-state index in [-0.39, 0.29) is 53.1 Å². The summed E-state index contributed by atoms with van der Waals surface area (Å²) >= 11 is 1.26. The average Bonchev–Trinajstić information content (AvgIpc) is 3.35. The summed E-state index contributed by atoms with van der Waals surface area (Å²) < 4.78 is 63.9. The van der Waals surface area contributed by atoms with Gasteiger partial charge in [0.2, 0.25) is 11.9 Å². The first-order chi connectivity index (χ1) is 17.3. The lowest BCUT2D eigenvalue weighted by Crippen LogP contribution is -2.29. The highest BCUT2D eigenvalue weighted by Gasteiger charge is 2.40. The molecule has 1 aliphatic rings. The van der Waals surface area contributed by atoms with Gasteiger partial charge in [0, 0.05) is 5.69 Å². The molecule has 1 atom stereocenters. The van der Waals surface area contributed by atoms with Gasteiger partial charge >= 0.3 is 6.18 Å². The zero-order valence-corrected chi connectivity index (χ0v) is 22.3. The molecule has 3 aromatic rings. The minimum atomic E-state index is -4.58. The molecule has 1 N–H and O–H groups in total. The predicted octanol–water partition coefficient (Wildman–Crippen LogP) is 4.95. The molecule has 0 aliphatic carbocycles. The Morgan fingerprint density at radius 1 is 1.19 bits per heavy atom. The minimum absolute atomic E-state index is 0.00412. The lowest BCUT2D eigenvalue weighted by atomic mass is 10.0. The van der Waals surface area contributed by atoms with Crippen LogP contribution in [0.3, 0.4) is 0 Å². The number of carbonyl (C=O) groups excluding carboxylic acids is 1. The largest absolute Gasteiger partial charge is 0.433 e. The quantitative estimate of drug-likeness (QED) is 0.441. The van der Waals surface area contributed by atoms with E-state index in [0.29, 0.717) is 16.4 Å². The molecule has 0 bridgehead atoms. The number of benzene rings is 1. The normalized spacial score (nSPS) is 15.8. The van der Waals surface area contributed by atoms with Crippen molar-refractivity contribution >= 4 is 38.2 Å². The second kappa shape index (κ2) is 10.0. The highest BCUT2D eigenvalue weighted by atomic mass is 32.2. The van der Waals surface area contributed by atoms with Crippen LogP contribution in [-0.2, 0) is 33.8 Å². The number of hydrogen-bond acceptors (Lipinski definition) is 8. The van der Waals surface area contributed by atoms with Crippen molar-refractivity contribution in [2.75, 3.05) is 16.0 Å². The van der Waals surface area contributed by atoms with Gasteiger partial charge in [0.05, 0.1) is 40.2 Å². The van der Waals surface area contributed by atoms with Gasteiger partial charge in [0.15, 0.2) is 15.0 Å². The number of halogens is 3. The van der Waals surface area contributed by atoms with Crippen molar-refractivity contribution < 1.29 is 26.4 Å². The molecule has 1 amide bonds. The number of sulfone groups is 1. The van der Waals surface area contributed by atoms with Crippen LogP contribution in [0.25, 0.3) is 0 Å². The topological polar surface area (TPSA) is 105 Å². The van der Waals surface area contributed by atoms with Gasteiger partial charge in [-0.3, -0.25) is 4.79 Å². The fourth-order valence-electron chi connectivity index (χ4n) is 4.19. The summed E-state index contributed by atoms with van der Waals surface area (Å²) in [6.45, 7) is 7.22. The van der Waals surface area contributed by atoms with E-state index in [0.717, 1.165) is 10.9 Å². The SMILES string of the molecule is CCS(=O)(=O)c1ccc(CC(=O)Nc2nc3c(s2)CN(c2nc(C)cc(C(F)(F)F)n2)[C@@H]3C(C)C)cc1. The van der Waals surface area contributed by atoms with E-state index >= 15 is 0 Å². The number of alkyl halides is 3. The fraction of sp³-hybridized carbons (Fsp3) is 0.417. The van der Waals surface area contributed by atoms with Crippen molar-refractivity contribution in [3.05, 3.63) is 57.9 Å². The summed E-state index contributed by atoms with van der Waals surface area (Å²) in [5.41, 5.74) is 0.563. The third kappa shape index (κ3) is 5.77. The lowest BCUT2D eigenvalue weighted by molar-refractivity contribution is -0.141. The van der Waals surface area contributed by atoms with Gasteiger partial charge in [-0.2, -0.15) is 13.2 Å². The summed E-state index contributed by atoms with van der Waals surface area (Å²) in [6.07, 6.45) is -4.55. The Morgan fingerprint density at radius 3 is 2.46 bits per heavy atom. The Balaban J connectivity index is 1.50. The number of thiazole rings is 1. The summed E-state index contributed by atoms with van der Waals surface area (Å²) in [5.74, 6) is -0.331.